The van der Waals surface area contributed by atoms with Gasteiger partial charge in [-0.25, -0.2) is 0 Å². The maximum Gasteiger partial charge on any atom is 0.228 e. The minimum Gasteiger partial charge on any atom is -0.341 e. The van der Waals surface area contributed by atoms with E-state index in [1.165, 1.54) is 5.56 Å². The highest BCUT2D eigenvalue weighted by Crippen LogP contribution is 2.22. The molecule has 1 heterocycles. The van der Waals surface area contributed by atoms with Gasteiger partial charge in [0.1, 0.15) is 0 Å². The molecule has 0 aliphatic carbocycles. The molecule has 0 bridgehead atoms. The molecular weight excluding hydrogens is 374 g/mol. The fraction of sp³-hybridized carbons (Fsp3) is 0.364. The largest absolute Gasteiger partial charge is 0.341 e. The van der Waals surface area contributed by atoms with Crippen molar-refractivity contribution in [1.29, 1.82) is 0 Å². The van der Waals surface area contributed by atoms with Crippen LogP contribution in [-0.2, 0) is 22.6 Å². The lowest BCUT2D eigenvalue weighted by Gasteiger charge is -2.25. The second-order valence-electron chi connectivity index (χ2n) is 7.01. The Bertz CT molecular complexity index is 755. The summed E-state index contributed by atoms with van der Waals surface area (Å²) in [6, 6.07) is 20.0. The molecule has 1 unspecified atom stereocenters. The van der Waals surface area contributed by atoms with Crippen molar-refractivity contribution in [2.24, 2.45) is 11.7 Å². The van der Waals surface area contributed by atoms with Crippen LogP contribution in [0.3, 0.4) is 0 Å². The van der Waals surface area contributed by atoms with Gasteiger partial charge in [0, 0.05) is 39.1 Å². The highest BCUT2D eigenvalue weighted by Gasteiger charge is 2.36. The van der Waals surface area contributed by atoms with Crippen LogP contribution in [0.1, 0.15) is 17.5 Å². The summed E-state index contributed by atoms with van der Waals surface area (Å²) in [5, 5.41) is 0. The summed E-state index contributed by atoms with van der Waals surface area (Å²) in [7, 11) is 0. The number of carbonyl (C=O) groups is 2. The Labute approximate surface area is 172 Å². The zero-order valence-electron chi connectivity index (χ0n) is 16.0. The Morgan fingerprint density at radius 1 is 1.00 bits per heavy atom. The van der Waals surface area contributed by atoms with Gasteiger partial charge >= 0.3 is 0 Å². The average Bonchev–Trinajstić information content (AvgIpc) is 3.06. The van der Waals surface area contributed by atoms with E-state index in [1.54, 1.807) is 4.90 Å². The summed E-state index contributed by atoms with van der Waals surface area (Å²) in [4.78, 5) is 29.0. The fourth-order valence-electron chi connectivity index (χ4n) is 3.55. The SMILES string of the molecule is Cl.NCCN(CCc1ccccc1)C(=O)C1CC(=O)N(Cc2ccccc2)C1. The topological polar surface area (TPSA) is 66.6 Å². The molecule has 2 aromatic carbocycles. The first-order chi connectivity index (χ1) is 13.2. The van der Waals surface area contributed by atoms with Crippen LogP contribution >= 0.6 is 12.4 Å². The summed E-state index contributed by atoms with van der Waals surface area (Å²) in [6.45, 7) is 2.62. The molecule has 2 N–H and O–H groups in total. The van der Waals surface area contributed by atoms with Crippen LogP contribution in [0.15, 0.2) is 60.7 Å². The zero-order chi connectivity index (χ0) is 19.1. The second kappa shape index (κ2) is 10.8. The number of benzene rings is 2. The first kappa shape index (κ1) is 21.9. The number of rotatable bonds is 8. The van der Waals surface area contributed by atoms with Gasteiger partial charge in [-0.1, -0.05) is 60.7 Å². The molecule has 0 aromatic heterocycles. The molecule has 1 fully saturated rings. The van der Waals surface area contributed by atoms with Crippen LogP contribution in [-0.4, -0.2) is 47.8 Å². The molecule has 0 saturated carbocycles. The molecule has 5 nitrogen and oxygen atoms in total. The third-order valence-corrected chi connectivity index (χ3v) is 5.00. The first-order valence-corrected chi connectivity index (χ1v) is 9.52. The summed E-state index contributed by atoms with van der Waals surface area (Å²) >= 11 is 0. The highest BCUT2D eigenvalue weighted by atomic mass is 35.5. The maximum absolute atomic E-state index is 13.0. The van der Waals surface area contributed by atoms with E-state index in [0.717, 1.165) is 12.0 Å². The zero-order valence-corrected chi connectivity index (χ0v) is 16.8. The lowest BCUT2D eigenvalue weighted by atomic mass is 10.1. The van der Waals surface area contributed by atoms with Gasteiger partial charge < -0.3 is 15.5 Å². The minimum atomic E-state index is -0.275. The molecule has 1 atom stereocenters. The Balaban J connectivity index is 0.00000280. The predicted octanol–water partition coefficient (Wildman–Crippen LogP) is 2.49. The van der Waals surface area contributed by atoms with Gasteiger partial charge in [-0.2, -0.15) is 0 Å². The molecule has 0 spiro atoms. The van der Waals surface area contributed by atoms with Crippen LogP contribution in [0.5, 0.6) is 0 Å². The molecule has 2 aromatic rings. The lowest BCUT2D eigenvalue weighted by Crippen LogP contribution is -2.41. The third-order valence-electron chi connectivity index (χ3n) is 5.00. The number of carbonyl (C=O) groups excluding carboxylic acids is 2. The number of hydrogen-bond acceptors (Lipinski definition) is 3. The smallest absolute Gasteiger partial charge is 0.228 e. The third kappa shape index (κ3) is 5.81. The molecule has 6 heteroatoms. The number of nitrogens with two attached hydrogens (primary N) is 1. The van der Waals surface area contributed by atoms with Crippen molar-refractivity contribution in [3.05, 3.63) is 71.8 Å². The summed E-state index contributed by atoms with van der Waals surface area (Å²) in [6.07, 6.45) is 1.08. The van der Waals surface area contributed by atoms with Gasteiger partial charge in [0.25, 0.3) is 0 Å². The van der Waals surface area contributed by atoms with Crippen LogP contribution < -0.4 is 5.73 Å². The lowest BCUT2D eigenvalue weighted by molar-refractivity contribution is -0.135. The molecule has 1 saturated heterocycles. The monoisotopic (exact) mass is 401 g/mol. The first-order valence-electron chi connectivity index (χ1n) is 9.52. The minimum absolute atomic E-state index is 0. The molecular formula is C22H28ClN3O2. The van der Waals surface area contributed by atoms with Crippen molar-refractivity contribution < 1.29 is 9.59 Å². The van der Waals surface area contributed by atoms with Gasteiger partial charge in [-0.3, -0.25) is 9.59 Å². The van der Waals surface area contributed by atoms with E-state index < -0.39 is 0 Å². The number of halogens is 1. The van der Waals surface area contributed by atoms with Crippen LogP contribution in [0.4, 0.5) is 0 Å². The summed E-state index contributed by atoms with van der Waals surface area (Å²) in [5.41, 5.74) is 8.00. The number of nitrogens with zero attached hydrogens (tertiary/aromatic N) is 2. The van der Waals surface area contributed by atoms with Crippen molar-refractivity contribution >= 4 is 24.2 Å². The second-order valence-corrected chi connectivity index (χ2v) is 7.01. The maximum atomic E-state index is 13.0. The van der Waals surface area contributed by atoms with Gasteiger partial charge in [0.15, 0.2) is 0 Å². The van der Waals surface area contributed by atoms with Crippen molar-refractivity contribution in [1.82, 2.24) is 9.80 Å². The molecule has 1 aliphatic rings. The quantitative estimate of drug-likeness (QED) is 0.739. The van der Waals surface area contributed by atoms with Crippen molar-refractivity contribution in [3.8, 4) is 0 Å². The van der Waals surface area contributed by atoms with E-state index >= 15 is 0 Å². The van der Waals surface area contributed by atoms with Crippen LogP contribution in [0, 0.1) is 5.92 Å². The van der Waals surface area contributed by atoms with E-state index in [4.69, 9.17) is 5.73 Å². The van der Waals surface area contributed by atoms with Crippen LogP contribution in [0.2, 0.25) is 0 Å². The molecule has 28 heavy (non-hydrogen) atoms. The standard InChI is InChI=1S/C22H27N3O2.ClH/c23-12-14-24(13-11-18-7-3-1-4-8-18)22(27)20-15-21(26)25(17-20)16-19-9-5-2-6-10-19;/h1-10,20H,11-17,23H2;1H. The Kier molecular flexibility index (Phi) is 8.48. The van der Waals surface area contributed by atoms with Crippen molar-refractivity contribution in [3.63, 3.8) is 0 Å². The van der Waals surface area contributed by atoms with Crippen LogP contribution in [0.25, 0.3) is 0 Å². The Morgan fingerprint density at radius 2 is 1.61 bits per heavy atom. The van der Waals surface area contributed by atoms with Gasteiger partial charge in [0.05, 0.1) is 5.92 Å². The molecule has 150 valence electrons. The fourth-order valence-corrected chi connectivity index (χ4v) is 3.55. The van der Waals surface area contributed by atoms with E-state index in [9.17, 15) is 9.59 Å². The van der Waals surface area contributed by atoms with Gasteiger partial charge in [-0.15, -0.1) is 12.4 Å². The number of likely N-dealkylation sites (tertiary alicyclic amines) is 1. The van der Waals surface area contributed by atoms with Crippen molar-refractivity contribution in [2.45, 2.75) is 19.4 Å². The highest BCUT2D eigenvalue weighted by molar-refractivity contribution is 5.89. The molecule has 2 amide bonds. The van der Waals surface area contributed by atoms with E-state index in [0.29, 0.717) is 32.7 Å². The Morgan fingerprint density at radius 3 is 2.21 bits per heavy atom. The molecule has 0 radical (unpaired) electrons. The van der Waals surface area contributed by atoms with Gasteiger partial charge in [0.2, 0.25) is 11.8 Å². The number of hydrogen-bond donors (Lipinski definition) is 1. The molecule has 3 rings (SSSR count). The van der Waals surface area contributed by atoms with Gasteiger partial charge in [-0.05, 0) is 17.5 Å². The average molecular weight is 402 g/mol. The van der Waals surface area contributed by atoms with E-state index in [-0.39, 0.29) is 36.6 Å². The van der Waals surface area contributed by atoms with E-state index in [1.807, 2.05) is 53.4 Å². The number of amides is 2. The molecule has 1 aliphatic heterocycles. The van der Waals surface area contributed by atoms with E-state index in [2.05, 4.69) is 12.1 Å². The summed E-state index contributed by atoms with van der Waals surface area (Å²) < 4.78 is 0. The Hall–Kier alpha value is -2.37. The summed E-state index contributed by atoms with van der Waals surface area (Å²) in [5.74, 6) is -0.184. The van der Waals surface area contributed by atoms with Crippen molar-refractivity contribution in [2.75, 3.05) is 26.2 Å². The predicted molar refractivity (Wildman–Crippen MR) is 113 cm³/mol. The normalized spacial score (nSPS) is 16.0.